The van der Waals surface area contributed by atoms with Gasteiger partial charge in [0.1, 0.15) is 5.15 Å². The molecule has 0 aliphatic carbocycles. The Morgan fingerprint density at radius 1 is 1.46 bits per heavy atom. The molecular formula is C10H13ClN2. The van der Waals surface area contributed by atoms with Crippen LogP contribution < -0.4 is 5.32 Å². The fourth-order valence-corrected chi connectivity index (χ4v) is 1.95. The van der Waals surface area contributed by atoms with Crippen LogP contribution in [0.2, 0.25) is 5.15 Å². The molecule has 1 aliphatic heterocycles. The van der Waals surface area contributed by atoms with Crippen LogP contribution in [-0.2, 0) is 0 Å². The smallest absolute Gasteiger partial charge is 0.129 e. The summed E-state index contributed by atoms with van der Waals surface area (Å²) in [5, 5.41) is 4.06. The molecule has 0 radical (unpaired) electrons. The van der Waals surface area contributed by atoms with E-state index in [1.807, 2.05) is 12.1 Å². The molecule has 0 amide bonds. The Labute approximate surface area is 83.3 Å². The van der Waals surface area contributed by atoms with E-state index >= 15 is 0 Å². The van der Waals surface area contributed by atoms with E-state index in [4.69, 9.17) is 11.6 Å². The van der Waals surface area contributed by atoms with Crippen molar-refractivity contribution in [3.05, 3.63) is 29.0 Å². The summed E-state index contributed by atoms with van der Waals surface area (Å²) in [6.45, 7) is 1.12. The highest BCUT2D eigenvalue weighted by Gasteiger charge is 2.14. The van der Waals surface area contributed by atoms with Gasteiger partial charge >= 0.3 is 0 Å². The lowest BCUT2D eigenvalue weighted by atomic mass is 9.99. The third-order valence-electron chi connectivity index (χ3n) is 2.46. The largest absolute Gasteiger partial charge is 0.310 e. The molecule has 1 atom stereocenters. The topological polar surface area (TPSA) is 24.9 Å². The first-order chi connectivity index (χ1) is 6.36. The molecule has 0 spiro atoms. The van der Waals surface area contributed by atoms with Crippen LogP contribution >= 0.6 is 11.6 Å². The molecular weight excluding hydrogens is 184 g/mol. The van der Waals surface area contributed by atoms with Gasteiger partial charge in [0.2, 0.25) is 0 Å². The normalized spacial score (nSPS) is 23.0. The van der Waals surface area contributed by atoms with Crippen molar-refractivity contribution in [1.29, 1.82) is 0 Å². The lowest BCUT2D eigenvalue weighted by molar-refractivity contribution is 0.412. The van der Waals surface area contributed by atoms with Crippen LogP contribution in [0.15, 0.2) is 18.3 Å². The van der Waals surface area contributed by atoms with Crippen LogP contribution in [0.25, 0.3) is 0 Å². The first-order valence-corrected chi connectivity index (χ1v) is 5.09. The first-order valence-electron chi connectivity index (χ1n) is 4.71. The quantitative estimate of drug-likeness (QED) is 0.699. The molecule has 0 unspecified atom stereocenters. The van der Waals surface area contributed by atoms with Gasteiger partial charge < -0.3 is 5.32 Å². The van der Waals surface area contributed by atoms with Gasteiger partial charge in [0.15, 0.2) is 0 Å². The van der Waals surface area contributed by atoms with Gasteiger partial charge in [-0.25, -0.2) is 4.98 Å². The molecule has 1 aromatic rings. The number of piperidine rings is 1. The van der Waals surface area contributed by atoms with Crippen molar-refractivity contribution in [2.45, 2.75) is 25.3 Å². The lowest BCUT2D eigenvalue weighted by Gasteiger charge is -2.23. The van der Waals surface area contributed by atoms with Crippen LogP contribution in [0.1, 0.15) is 30.9 Å². The zero-order chi connectivity index (χ0) is 9.10. The minimum Gasteiger partial charge on any atom is -0.310 e. The second-order valence-electron chi connectivity index (χ2n) is 3.41. The van der Waals surface area contributed by atoms with Crippen LogP contribution in [-0.4, -0.2) is 11.5 Å². The minimum atomic E-state index is 0.481. The van der Waals surface area contributed by atoms with Crippen molar-refractivity contribution in [2.24, 2.45) is 0 Å². The van der Waals surface area contributed by atoms with E-state index in [0.717, 1.165) is 6.54 Å². The molecule has 3 heteroatoms. The van der Waals surface area contributed by atoms with Crippen LogP contribution in [0, 0.1) is 0 Å². The molecule has 2 nitrogen and oxygen atoms in total. The second-order valence-corrected chi connectivity index (χ2v) is 3.80. The predicted molar refractivity (Wildman–Crippen MR) is 53.8 cm³/mol. The second kappa shape index (κ2) is 4.07. The summed E-state index contributed by atoms with van der Waals surface area (Å²) in [6.07, 6.45) is 5.57. The van der Waals surface area contributed by atoms with Crippen LogP contribution in [0.5, 0.6) is 0 Å². The average molecular weight is 197 g/mol. The summed E-state index contributed by atoms with van der Waals surface area (Å²) in [5.41, 5.74) is 1.26. The molecule has 0 aromatic carbocycles. The first kappa shape index (κ1) is 8.97. The van der Waals surface area contributed by atoms with E-state index in [-0.39, 0.29) is 0 Å². The van der Waals surface area contributed by atoms with E-state index in [9.17, 15) is 0 Å². The maximum Gasteiger partial charge on any atom is 0.129 e. The predicted octanol–water partition coefficient (Wildman–Crippen LogP) is 2.55. The maximum atomic E-state index is 5.83. The summed E-state index contributed by atoms with van der Waals surface area (Å²) >= 11 is 5.83. The summed E-state index contributed by atoms with van der Waals surface area (Å²) in [4.78, 5) is 3.97. The van der Waals surface area contributed by atoms with Gasteiger partial charge in [-0.2, -0.15) is 0 Å². The van der Waals surface area contributed by atoms with Crippen molar-refractivity contribution in [1.82, 2.24) is 10.3 Å². The molecule has 1 aromatic heterocycles. The molecule has 0 bridgehead atoms. The van der Waals surface area contributed by atoms with E-state index in [2.05, 4.69) is 10.3 Å². The van der Waals surface area contributed by atoms with Gasteiger partial charge in [0.05, 0.1) is 0 Å². The number of hydrogen-bond donors (Lipinski definition) is 1. The Morgan fingerprint density at radius 2 is 2.38 bits per heavy atom. The minimum absolute atomic E-state index is 0.481. The summed E-state index contributed by atoms with van der Waals surface area (Å²) in [6, 6.07) is 4.47. The number of nitrogens with one attached hydrogen (secondary N) is 1. The number of aromatic nitrogens is 1. The molecule has 13 heavy (non-hydrogen) atoms. The molecule has 0 saturated carbocycles. The van der Waals surface area contributed by atoms with Gasteiger partial charge in [0.25, 0.3) is 0 Å². The van der Waals surface area contributed by atoms with Crippen molar-refractivity contribution >= 4 is 11.6 Å². The third kappa shape index (κ3) is 2.20. The molecule has 1 fully saturated rings. The summed E-state index contributed by atoms with van der Waals surface area (Å²) in [7, 11) is 0. The fraction of sp³-hybridized carbons (Fsp3) is 0.500. The van der Waals surface area contributed by atoms with Gasteiger partial charge in [0, 0.05) is 12.2 Å². The Hall–Kier alpha value is -0.600. The van der Waals surface area contributed by atoms with E-state index in [1.54, 1.807) is 6.20 Å². The van der Waals surface area contributed by atoms with Gasteiger partial charge in [-0.15, -0.1) is 0 Å². The van der Waals surface area contributed by atoms with Gasteiger partial charge in [-0.1, -0.05) is 18.0 Å². The number of halogens is 1. The molecule has 1 N–H and O–H groups in total. The SMILES string of the molecule is Clc1cc([C@H]2CCCCN2)ccn1. The van der Waals surface area contributed by atoms with E-state index < -0.39 is 0 Å². The zero-order valence-electron chi connectivity index (χ0n) is 7.46. The number of nitrogens with zero attached hydrogens (tertiary/aromatic N) is 1. The van der Waals surface area contributed by atoms with E-state index in [1.165, 1.54) is 24.8 Å². The molecule has 1 aliphatic rings. The van der Waals surface area contributed by atoms with E-state index in [0.29, 0.717) is 11.2 Å². The van der Waals surface area contributed by atoms with Crippen molar-refractivity contribution < 1.29 is 0 Å². The van der Waals surface area contributed by atoms with Gasteiger partial charge in [-0.05, 0) is 37.1 Å². The maximum absolute atomic E-state index is 5.83. The molecule has 70 valence electrons. The van der Waals surface area contributed by atoms with Crippen LogP contribution in [0.3, 0.4) is 0 Å². The average Bonchev–Trinajstić information content (AvgIpc) is 2.19. The standard InChI is InChI=1S/C10H13ClN2/c11-10-7-8(4-6-13-10)9-3-1-2-5-12-9/h4,6-7,9,12H,1-3,5H2/t9-/m1/s1. The van der Waals surface area contributed by atoms with Crippen molar-refractivity contribution in [3.8, 4) is 0 Å². The summed E-state index contributed by atoms with van der Waals surface area (Å²) in [5.74, 6) is 0. The Bertz CT molecular complexity index is 282. The summed E-state index contributed by atoms with van der Waals surface area (Å²) < 4.78 is 0. The highest BCUT2D eigenvalue weighted by atomic mass is 35.5. The Balaban J connectivity index is 2.14. The molecule has 2 heterocycles. The Morgan fingerprint density at radius 3 is 3.08 bits per heavy atom. The van der Waals surface area contributed by atoms with Crippen molar-refractivity contribution in [2.75, 3.05) is 6.54 Å². The molecule has 1 saturated heterocycles. The van der Waals surface area contributed by atoms with Crippen molar-refractivity contribution in [3.63, 3.8) is 0 Å². The monoisotopic (exact) mass is 196 g/mol. The number of hydrogen-bond acceptors (Lipinski definition) is 2. The number of pyridine rings is 1. The van der Waals surface area contributed by atoms with Crippen LogP contribution in [0.4, 0.5) is 0 Å². The Kier molecular flexibility index (Phi) is 2.81. The lowest BCUT2D eigenvalue weighted by Crippen LogP contribution is -2.26. The third-order valence-corrected chi connectivity index (χ3v) is 2.67. The number of rotatable bonds is 1. The highest BCUT2D eigenvalue weighted by Crippen LogP contribution is 2.23. The molecule has 2 rings (SSSR count). The van der Waals surface area contributed by atoms with Gasteiger partial charge in [-0.3, -0.25) is 0 Å². The highest BCUT2D eigenvalue weighted by molar-refractivity contribution is 6.29. The fourth-order valence-electron chi connectivity index (χ4n) is 1.77. The zero-order valence-corrected chi connectivity index (χ0v) is 8.22.